The van der Waals surface area contributed by atoms with E-state index >= 15 is 0 Å². The quantitative estimate of drug-likeness (QED) is 0.531. The smallest absolute Gasteiger partial charge is 0.253 e. The molecular formula is C24H24FN9O2. The Morgan fingerprint density at radius 1 is 1.25 bits per heavy atom. The molecule has 3 aromatic rings. The van der Waals surface area contributed by atoms with Crippen molar-refractivity contribution in [2.75, 3.05) is 32.8 Å². The minimum absolute atomic E-state index is 0.0690. The number of rotatable bonds is 3. The van der Waals surface area contributed by atoms with E-state index < -0.39 is 5.82 Å². The van der Waals surface area contributed by atoms with Crippen LogP contribution in [-0.2, 0) is 16.0 Å². The molecule has 1 amide bonds. The maximum atomic E-state index is 14.0. The van der Waals surface area contributed by atoms with Crippen molar-refractivity contribution in [3.63, 3.8) is 0 Å². The first kappa shape index (κ1) is 22.6. The molecule has 6 rings (SSSR count). The number of amides is 1. The van der Waals surface area contributed by atoms with Gasteiger partial charge in [-0.15, -0.1) is 5.10 Å². The number of carbonyl (C=O) groups is 1. The average Bonchev–Trinajstić information content (AvgIpc) is 3.58. The van der Waals surface area contributed by atoms with Crippen LogP contribution >= 0.6 is 0 Å². The maximum Gasteiger partial charge on any atom is 0.253 e. The molecule has 2 aliphatic heterocycles. The summed E-state index contributed by atoms with van der Waals surface area (Å²) in [7, 11) is 0. The Bertz CT molecular complexity index is 1360. The summed E-state index contributed by atoms with van der Waals surface area (Å²) in [4.78, 5) is 26.7. The van der Waals surface area contributed by atoms with Gasteiger partial charge in [0.25, 0.3) is 5.95 Å². The van der Waals surface area contributed by atoms with Crippen LogP contribution in [0.1, 0.15) is 46.4 Å². The number of benzene rings is 1. The van der Waals surface area contributed by atoms with Crippen LogP contribution in [0.3, 0.4) is 0 Å². The topological polar surface area (TPSA) is 126 Å². The third-order valence-electron chi connectivity index (χ3n) is 7.51. The van der Waals surface area contributed by atoms with E-state index in [2.05, 4.69) is 30.4 Å². The highest BCUT2D eigenvalue weighted by Gasteiger charge is 2.39. The zero-order valence-corrected chi connectivity index (χ0v) is 19.7. The number of nitrogens with zero attached hydrogens (tertiary/aromatic N) is 9. The Kier molecular flexibility index (Phi) is 5.66. The molecule has 36 heavy (non-hydrogen) atoms. The summed E-state index contributed by atoms with van der Waals surface area (Å²) in [5.74, 6) is -0.266. The Labute approximate surface area is 206 Å². The van der Waals surface area contributed by atoms with E-state index in [0.29, 0.717) is 50.6 Å². The van der Waals surface area contributed by atoms with Crippen LogP contribution in [0.5, 0.6) is 0 Å². The van der Waals surface area contributed by atoms with Gasteiger partial charge in [0.15, 0.2) is 0 Å². The van der Waals surface area contributed by atoms with Gasteiger partial charge >= 0.3 is 0 Å². The zero-order valence-electron chi connectivity index (χ0n) is 19.7. The first-order valence-corrected chi connectivity index (χ1v) is 12.0. The van der Waals surface area contributed by atoms with E-state index in [9.17, 15) is 14.4 Å². The van der Waals surface area contributed by atoms with Gasteiger partial charge in [-0.05, 0) is 47.4 Å². The summed E-state index contributed by atoms with van der Waals surface area (Å²) in [5, 5.41) is 20.4. The van der Waals surface area contributed by atoms with Gasteiger partial charge in [0.05, 0.1) is 35.9 Å². The fourth-order valence-electron chi connectivity index (χ4n) is 5.54. The molecule has 3 aliphatic rings. The van der Waals surface area contributed by atoms with Gasteiger partial charge < -0.3 is 9.64 Å². The van der Waals surface area contributed by atoms with Gasteiger partial charge in [0, 0.05) is 37.9 Å². The molecule has 4 heterocycles. The fourth-order valence-corrected chi connectivity index (χ4v) is 5.54. The van der Waals surface area contributed by atoms with Gasteiger partial charge in [0.2, 0.25) is 5.91 Å². The highest BCUT2D eigenvalue weighted by molar-refractivity contribution is 5.85. The van der Waals surface area contributed by atoms with Crippen LogP contribution < -0.4 is 0 Å². The number of hydrogen-bond donors (Lipinski definition) is 0. The molecule has 12 heteroatoms. The number of aryl methyl sites for hydroxylation is 1. The third-order valence-corrected chi connectivity index (χ3v) is 7.51. The molecule has 1 aliphatic carbocycles. The predicted molar refractivity (Wildman–Crippen MR) is 122 cm³/mol. The van der Waals surface area contributed by atoms with Crippen molar-refractivity contribution in [2.45, 2.75) is 37.8 Å². The second-order valence-electron chi connectivity index (χ2n) is 9.42. The molecule has 0 saturated carbocycles. The van der Waals surface area contributed by atoms with E-state index in [1.165, 1.54) is 17.1 Å². The van der Waals surface area contributed by atoms with Gasteiger partial charge in [-0.2, -0.15) is 9.94 Å². The second-order valence-corrected chi connectivity index (χ2v) is 9.42. The molecule has 0 spiro atoms. The molecule has 11 nitrogen and oxygen atoms in total. The standard InChI is InChI=1S/C24H24FN9O2/c1-14-16(2-4-20(25)18(14)8-26)22-11-32-6-7-33(10-15(32)12-36-22)23(35)17-3-5-21-19(17)9-27-24(29-21)34-13-28-30-31-34/h2,4,9,13,15,17,22H,3,5-7,10-12H2,1H3/t15-,17?,22+/m0/s1. The number of piperazine rings is 1. The van der Waals surface area contributed by atoms with Crippen molar-refractivity contribution in [3.8, 4) is 12.0 Å². The van der Waals surface area contributed by atoms with Gasteiger partial charge in [0.1, 0.15) is 18.2 Å². The van der Waals surface area contributed by atoms with Crippen molar-refractivity contribution < 1.29 is 13.9 Å². The fraction of sp³-hybridized carbons (Fsp3) is 0.458. The van der Waals surface area contributed by atoms with Crippen molar-refractivity contribution in [2.24, 2.45) is 0 Å². The monoisotopic (exact) mass is 489 g/mol. The van der Waals surface area contributed by atoms with Crippen LogP contribution in [0.15, 0.2) is 24.7 Å². The molecule has 0 N–H and O–H groups in total. The van der Waals surface area contributed by atoms with Crippen molar-refractivity contribution >= 4 is 5.91 Å². The molecule has 2 fully saturated rings. The number of halogens is 1. The molecule has 1 aromatic carbocycles. The van der Waals surface area contributed by atoms with Gasteiger partial charge in [-0.25, -0.2) is 14.4 Å². The Morgan fingerprint density at radius 3 is 2.94 bits per heavy atom. The van der Waals surface area contributed by atoms with Crippen molar-refractivity contribution in [1.82, 2.24) is 40.0 Å². The number of morpholine rings is 1. The third kappa shape index (κ3) is 3.81. The second kappa shape index (κ2) is 9.00. The number of tetrazole rings is 1. The lowest BCUT2D eigenvalue weighted by Crippen LogP contribution is -2.60. The molecule has 1 unspecified atom stereocenters. The van der Waals surface area contributed by atoms with Crippen molar-refractivity contribution in [1.29, 1.82) is 5.26 Å². The largest absolute Gasteiger partial charge is 0.370 e. The molecule has 3 atom stereocenters. The van der Waals surface area contributed by atoms with Crippen LogP contribution in [0, 0.1) is 24.1 Å². The van der Waals surface area contributed by atoms with Crippen molar-refractivity contribution in [3.05, 3.63) is 58.4 Å². The number of carbonyl (C=O) groups excluding carboxylic acids is 1. The summed E-state index contributed by atoms with van der Waals surface area (Å²) >= 11 is 0. The number of nitriles is 1. The first-order valence-electron chi connectivity index (χ1n) is 12.0. The number of hydrogen-bond acceptors (Lipinski definition) is 9. The summed E-state index contributed by atoms with van der Waals surface area (Å²) in [5.41, 5.74) is 3.27. The van der Waals surface area contributed by atoms with Gasteiger partial charge in [-0.3, -0.25) is 9.69 Å². The SMILES string of the molecule is Cc1c([C@H]2CN3CCN(C(=O)C4CCc5nc(-n6cnnn6)ncc54)C[C@H]3CO2)ccc(F)c1C#N. The highest BCUT2D eigenvalue weighted by Crippen LogP contribution is 2.35. The summed E-state index contributed by atoms with van der Waals surface area (Å²) < 4.78 is 21.5. The van der Waals surface area contributed by atoms with Crippen LogP contribution in [0.25, 0.3) is 5.95 Å². The lowest BCUT2D eigenvalue weighted by molar-refractivity contribution is -0.141. The molecule has 0 radical (unpaired) electrons. The van der Waals surface area contributed by atoms with E-state index in [1.54, 1.807) is 19.2 Å². The summed E-state index contributed by atoms with van der Waals surface area (Å²) in [6.07, 6.45) is 4.34. The zero-order chi connectivity index (χ0) is 24.8. The Hall–Kier alpha value is -3.82. The van der Waals surface area contributed by atoms with Gasteiger partial charge in [-0.1, -0.05) is 6.07 Å². The number of aromatic nitrogens is 6. The molecule has 0 bridgehead atoms. The van der Waals surface area contributed by atoms with Crippen LogP contribution in [-0.4, -0.2) is 84.7 Å². The molecule has 184 valence electrons. The molecule has 2 aromatic heterocycles. The Morgan fingerprint density at radius 2 is 2.14 bits per heavy atom. The van der Waals surface area contributed by atoms with E-state index in [-0.39, 0.29) is 29.5 Å². The normalized spacial score (nSPS) is 23.7. The minimum atomic E-state index is -0.509. The predicted octanol–water partition coefficient (Wildman–Crippen LogP) is 1.09. The van der Waals surface area contributed by atoms with E-state index in [1.807, 2.05) is 11.0 Å². The lowest BCUT2D eigenvalue weighted by Gasteiger charge is -2.46. The Balaban J connectivity index is 1.12. The lowest BCUT2D eigenvalue weighted by atomic mass is 9.96. The number of fused-ring (bicyclic) bond motifs is 2. The van der Waals surface area contributed by atoms with Crippen LogP contribution in [0.4, 0.5) is 4.39 Å². The minimum Gasteiger partial charge on any atom is -0.370 e. The van der Waals surface area contributed by atoms with Crippen LogP contribution in [0.2, 0.25) is 0 Å². The number of ether oxygens (including phenoxy) is 1. The molecular weight excluding hydrogens is 465 g/mol. The first-order chi connectivity index (χ1) is 17.5. The van der Waals surface area contributed by atoms with E-state index in [0.717, 1.165) is 23.4 Å². The molecule has 2 saturated heterocycles. The van der Waals surface area contributed by atoms with E-state index in [4.69, 9.17) is 4.74 Å². The maximum absolute atomic E-state index is 14.0. The average molecular weight is 490 g/mol. The highest BCUT2D eigenvalue weighted by atomic mass is 19.1. The summed E-state index contributed by atoms with van der Waals surface area (Å²) in [6.45, 7) is 4.82. The summed E-state index contributed by atoms with van der Waals surface area (Å²) in [6, 6.07) is 5.09.